The van der Waals surface area contributed by atoms with Crippen LogP contribution in [0.4, 0.5) is 0 Å². The van der Waals surface area contributed by atoms with E-state index in [1.54, 1.807) is 0 Å². The second kappa shape index (κ2) is 5.98. The maximum Gasteiger partial charge on any atom is 0.215 e. The first-order valence-corrected chi connectivity index (χ1v) is 7.86. The number of sulfonamides is 1. The summed E-state index contributed by atoms with van der Waals surface area (Å²) in [6.45, 7) is 5.68. The molecule has 1 aliphatic rings. The Morgan fingerprint density at radius 2 is 2.06 bits per heavy atom. The van der Waals surface area contributed by atoms with Crippen molar-refractivity contribution in [1.29, 1.82) is 0 Å². The topological polar surface area (TPSA) is 66.4 Å². The Labute approximate surface area is 104 Å². The predicted molar refractivity (Wildman–Crippen MR) is 69.2 cm³/mol. The van der Waals surface area contributed by atoms with Gasteiger partial charge in [-0.3, -0.25) is 0 Å². The van der Waals surface area contributed by atoms with Gasteiger partial charge in [0.1, 0.15) is 0 Å². The molecule has 1 saturated carbocycles. The Hall–Kier alpha value is -0.390. The molecule has 2 N–H and O–H groups in total. The van der Waals surface area contributed by atoms with Crippen molar-refractivity contribution in [2.24, 2.45) is 5.92 Å². The fourth-order valence-electron chi connectivity index (χ4n) is 2.26. The molecular weight excluding hydrogens is 238 g/mol. The molecule has 0 unspecified atom stereocenters. The first kappa shape index (κ1) is 14.7. The highest BCUT2D eigenvalue weighted by molar-refractivity contribution is 7.89. The summed E-state index contributed by atoms with van der Waals surface area (Å²) in [6, 6.07) is 0. The molecule has 0 aromatic rings. The molecule has 0 heterocycles. The van der Waals surface area contributed by atoms with Crippen molar-refractivity contribution in [1.82, 2.24) is 4.72 Å². The second-order valence-corrected chi connectivity index (χ2v) is 6.82. The standard InChI is InChI=1S/C12H23NO3S/c1-3-9-17(15,16)13-10-12(14)7-5-11(4-2)6-8-12/h3,11,13-14H,1,4-10H2,2H3. The van der Waals surface area contributed by atoms with Crippen LogP contribution >= 0.6 is 0 Å². The molecule has 1 aliphatic carbocycles. The lowest BCUT2D eigenvalue weighted by Crippen LogP contribution is -2.45. The minimum atomic E-state index is -3.32. The van der Waals surface area contributed by atoms with Crippen molar-refractivity contribution >= 4 is 10.0 Å². The molecule has 0 amide bonds. The van der Waals surface area contributed by atoms with Crippen LogP contribution in [-0.4, -0.2) is 31.4 Å². The fourth-order valence-corrected chi connectivity index (χ4v) is 3.18. The molecule has 0 aromatic heterocycles. The van der Waals surface area contributed by atoms with Gasteiger partial charge in [-0.2, -0.15) is 0 Å². The average Bonchev–Trinajstić information content (AvgIpc) is 2.28. The van der Waals surface area contributed by atoms with Crippen LogP contribution < -0.4 is 4.72 Å². The normalized spacial score (nSPS) is 30.1. The number of rotatable bonds is 6. The zero-order chi connectivity index (χ0) is 12.9. The third-order valence-electron chi connectivity index (χ3n) is 3.57. The zero-order valence-electron chi connectivity index (χ0n) is 10.5. The third kappa shape index (κ3) is 4.77. The van der Waals surface area contributed by atoms with Gasteiger partial charge >= 0.3 is 0 Å². The fraction of sp³-hybridized carbons (Fsp3) is 0.833. The van der Waals surface area contributed by atoms with Crippen LogP contribution in [0.25, 0.3) is 0 Å². The minimum Gasteiger partial charge on any atom is -0.389 e. The van der Waals surface area contributed by atoms with Crippen molar-refractivity contribution < 1.29 is 13.5 Å². The van der Waals surface area contributed by atoms with Crippen LogP contribution in [0.5, 0.6) is 0 Å². The van der Waals surface area contributed by atoms with E-state index in [4.69, 9.17) is 0 Å². The molecule has 1 fully saturated rings. The van der Waals surface area contributed by atoms with Crippen LogP contribution in [-0.2, 0) is 10.0 Å². The molecule has 0 bridgehead atoms. The van der Waals surface area contributed by atoms with Crippen LogP contribution in [0.2, 0.25) is 0 Å². The van der Waals surface area contributed by atoms with E-state index in [1.165, 1.54) is 6.08 Å². The first-order chi connectivity index (χ1) is 7.91. The largest absolute Gasteiger partial charge is 0.389 e. The SMILES string of the molecule is C=CCS(=O)(=O)NCC1(O)CCC(CC)CC1. The van der Waals surface area contributed by atoms with E-state index < -0.39 is 15.6 Å². The lowest BCUT2D eigenvalue weighted by Gasteiger charge is -2.35. The lowest BCUT2D eigenvalue weighted by molar-refractivity contribution is -0.00441. The van der Waals surface area contributed by atoms with Crippen molar-refractivity contribution in [2.75, 3.05) is 12.3 Å². The number of hydrogen-bond acceptors (Lipinski definition) is 3. The van der Waals surface area contributed by atoms with Crippen molar-refractivity contribution in [3.05, 3.63) is 12.7 Å². The summed E-state index contributed by atoms with van der Waals surface area (Å²) >= 11 is 0. The molecule has 0 radical (unpaired) electrons. The van der Waals surface area contributed by atoms with Gasteiger partial charge in [0.15, 0.2) is 0 Å². The summed E-state index contributed by atoms with van der Waals surface area (Å²) in [7, 11) is -3.32. The van der Waals surface area contributed by atoms with Gasteiger partial charge in [0, 0.05) is 6.54 Å². The summed E-state index contributed by atoms with van der Waals surface area (Å²) in [4.78, 5) is 0. The zero-order valence-corrected chi connectivity index (χ0v) is 11.3. The van der Waals surface area contributed by atoms with Crippen molar-refractivity contribution in [3.63, 3.8) is 0 Å². The molecular formula is C12H23NO3S. The molecule has 0 spiro atoms. The van der Waals surface area contributed by atoms with Crippen LogP contribution in [0, 0.1) is 5.92 Å². The second-order valence-electron chi connectivity index (χ2n) is 4.97. The monoisotopic (exact) mass is 261 g/mol. The van der Waals surface area contributed by atoms with Crippen molar-refractivity contribution in [3.8, 4) is 0 Å². The molecule has 17 heavy (non-hydrogen) atoms. The molecule has 0 aromatic carbocycles. The number of aliphatic hydroxyl groups is 1. The molecule has 1 rings (SSSR count). The van der Waals surface area contributed by atoms with E-state index >= 15 is 0 Å². The molecule has 5 heteroatoms. The molecule has 0 atom stereocenters. The molecule has 0 saturated heterocycles. The summed E-state index contributed by atoms with van der Waals surface area (Å²) < 4.78 is 25.3. The van der Waals surface area contributed by atoms with Crippen molar-refractivity contribution in [2.45, 2.75) is 44.6 Å². The van der Waals surface area contributed by atoms with Gasteiger partial charge in [0.05, 0.1) is 11.4 Å². The Bertz CT molecular complexity index is 343. The van der Waals surface area contributed by atoms with Crippen LogP contribution in [0.15, 0.2) is 12.7 Å². The summed E-state index contributed by atoms with van der Waals surface area (Å²) in [5.41, 5.74) is -0.861. The number of nitrogens with one attached hydrogen (secondary N) is 1. The smallest absolute Gasteiger partial charge is 0.215 e. The van der Waals surface area contributed by atoms with E-state index in [9.17, 15) is 13.5 Å². The van der Waals surface area contributed by atoms with E-state index in [2.05, 4.69) is 18.2 Å². The van der Waals surface area contributed by atoms with E-state index in [0.29, 0.717) is 18.8 Å². The van der Waals surface area contributed by atoms with Gasteiger partial charge < -0.3 is 5.11 Å². The van der Waals surface area contributed by atoms with Gasteiger partial charge in [0.2, 0.25) is 10.0 Å². The maximum absolute atomic E-state index is 11.4. The summed E-state index contributed by atoms with van der Waals surface area (Å²) in [6.07, 6.45) is 5.81. The van der Waals surface area contributed by atoms with Gasteiger partial charge in [-0.25, -0.2) is 13.1 Å². The Morgan fingerprint density at radius 3 is 2.53 bits per heavy atom. The van der Waals surface area contributed by atoms with Crippen LogP contribution in [0.3, 0.4) is 0 Å². The highest BCUT2D eigenvalue weighted by atomic mass is 32.2. The first-order valence-electron chi connectivity index (χ1n) is 6.21. The van der Waals surface area contributed by atoms with E-state index in [-0.39, 0.29) is 12.3 Å². The minimum absolute atomic E-state index is 0.0966. The van der Waals surface area contributed by atoms with E-state index in [0.717, 1.165) is 19.3 Å². The summed E-state index contributed by atoms with van der Waals surface area (Å²) in [5, 5.41) is 10.3. The van der Waals surface area contributed by atoms with Gasteiger partial charge in [0.25, 0.3) is 0 Å². The quantitative estimate of drug-likeness (QED) is 0.711. The molecule has 4 nitrogen and oxygen atoms in total. The summed E-state index contributed by atoms with van der Waals surface area (Å²) in [5.74, 6) is 0.584. The molecule has 100 valence electrons. The highest BCUT2D eigenvalue weighted by Crippen LogP contribution is 2.33. The number of hydrogen-bond donors (Lipinski definition) is 2. The van der Waals surface area contributed by atoms with Crippen LogP contribution in [0.1, 0.15) is 39.0 Å². The average molecular weight is 261 g/mol. The van der Waals surface area contributed by atoms with Gasteiger partial charge in [-0.15, -0.1) is 6.58 Å². The van der Waals surface area contributed by atoms with E-state index in [1.807, 2.05) is 0 Å². The Kier molecular flexibility index (Phi) is 5.16. The Morgan fingerprint density at radius 1 is 1.47 bits per heavy atom. The Balaban J connectivity index is 2.44. The highest BCUT2D eigenvalue weighted by Gasteiger charge is 2.33. The predicted octanol–water partition coefficient (Wildman–Crippen LogP) is 1.42. The van der Waals surface area contributed by atoms with Gasteiger partial charge in [-0.05, 0) is 31.6 Å². The maximum atomic E-state index is 11.4. The van der Waals surface area contributed by atoms with Gasteiger partial charge in [-0.1, -0.05) is 19.4 Å². The third-order valence-corrected chi connectivity index (χ3v) is 4.83. The lowest BCUT2D eigenvalue weighted by atomic mass is 9.78. The molecule has 0 aliphatic heterocycles.